The molecule has 0 saturated carbocycles. The summed E-state index contributed by atoms with van der Waals surface area (Å²) in [6, 6.07) is 15.3. The smallest absolute Gasteiger partial charge is 0.315 e. The number of amides is 2. The lowest BCUT2D eigenvalue weighted by Crippen LogP contribution is -2.47. The van der Waals surface area contributed by atoms with Crippen molar-refractivity contribution in [1.29, 1.82) is 0 Å². The molecule has 5 nitrogen and oxygen atoms in total. The second-order valence-corrected chi connectivity index (χ2v) is 5.49. The number of fused-ring (bicyclic) bond motifs is 1. The molecular formula is C18H20N2O3. The SMILES string of the molecule is COc1ccc(CNC(=O)NC2COc3ccccc3C2)cc1. The molecule has 1 heterocycles. The molecular weight excluding hydrogens is 292 g/mol. The lowest BCUT2D eigenvalue weighted by atomic mass is 10.0. The summed E-state index contributed by atoms with van der Waals surface area (Å²) in [6.07, 6.45) is 0.784. The van der Waals surface area contributed by atoms with Gasteiger partial charge < -0.3 is 20.1 Å². The highest BCUT2D eigenvalue weighted by Gasteiger charge is 2.20. The number of methoxy groups -OCH3 is 1. The Balaban J connectivity index is 1.48. The third-order valence-corrected chi connectivity index (χ3v) is 3.83. The van der Waals surface area contributed by atoms with E-state index >= 15 is 0 Å². The highest BCUT2D eigenvalue weighted by atomic mass is 16.5. The van der Waals surface area contributed by atoms with Crippen LogP contribution in [0.4, 0.5) is 4.79 Å². The Kier molecular flexibility index (Phi) is 4.66. The topological polar surface area (TPSA) is 59.6 Å². The number of benzene rings is 2. The maximum absolute atomic E-state index is 12.0. The predicted octanol–water partition coefficient (Wildman–Crippen LogP) is 2.50. The first kappa shape index (κ1) is 15.2. The van der Waals surface area contributed by atoms with Gasteiger partial charge in [-0.1, -0.05) is 30.3 Å². The summed E-state index contributed by atoms with van der Waals surface area (Å²) in [5.74, 6) is 1.71. The van der Waals surface area contributed by atoms with Crippen molar-refractivity contribution in [3.63, 3.8) is 0 Å². The van der Waals surface area contributed by atoms with Gasteiger partial charge in [0.25, 0.3) is 0 Å². The van der Waals surface area contributed by atoms with Crippen LogP contribution in [0.25, 0.3) is 0 Å². The number of hydrogen-bond donors (Lipinski definition) is 2. The lowest BCUT2D eigenvalue weighted by Gasteiger charge is -2.26. The van der Waals surface area contributed by atoms with Gasteiger partial charge in [0.05, 0.1) is 13.2 Å². The molecule has 0 aliphatic carbocycles. The van der Waals surface area contributed by atoms with Gasteiger partial charge in [-0.3, -0.25) is 0 Å². The first-order chi connectivity index (χ1) is 11.2. The van der Waals surface area contributed by atoms with Gasteiger partial charge in [0, 0.05) is 6.54 Å². The molecule has 2 aromatic rings. The van der Waals surface area contributed by atoms with Crippen molar-refractivity contribution in [2.75, 3.05) is 13.7 Å². The molecule has 5 heteroatoms. The number of carbonyl (C=O) groups excluding carboxylic acids is 1. The molecule has 2 N–H and O–H groups in total. The van der Waals surface area contributed by atoms with E-state index in [1.54, 1.807) is 7.11 Å². The minimum absolute atomic E-state index is 0.0132. The predicted molar refractivity (Wildman–Crippen MR) is 87.8 cm³/mol. The third-order valence-electron chi connectivity index (χ3n) is 3.83. The number of urea groups is 1. The van der Waals surface area contributed by atoms with Crippen molar-refractivity contribution in [2.45, 2.75) is 19.0 Å². The van der Waals surface area contributed by atoms with E-state index in [1.807, 2.05) is 48.5 Å². The van der Waals surface area contributed by atoms with Gasteiger partial charge >= 0.3 is 6.03 Å². The fourth-order valence-electron chi connectivity index (χ4n) is 2.58. The number of para-hydroxylation sites is 1. The monoisotopic (exact) mass is 312 g/mol. The lowest BCUT2D eigenvalue weighted by molar-refractivity contribution is 0.214. The van der Waals surface area contributed by atoms with Crippen LogP contribution in [-0.4, -0.2) is 25.8 Å². The van der Waals surface area contributed by atoms with Crippen LogP contribution >= 0.6 is 0 Å². The van der Waals surface area contributed by atoms with Gasteiger partial charge in [-0.05, 0) is 35.7 Å². The highest BCUT2D eigenvalue weighted by molar-refractivity contribution is 5.74. The molecule has 0 aromatic heterocycles. The average molecular weight is 312 g/mol. The normalized spacial score (nSPS) is 16.0. The molecule has 23 heavy (non-hydrogen) atoms. The first-order valence-electron chi connectivity index (χ1n) is 7.62. The number of rotatable bonds is 4. The summed E-state index contributed by atoms with van der Waals surface area (Å²) >= 11 is 0. The number of ether oxygens (including phenoxy) is 2. The molecule has 1 atom stereocenters. The summed E-state index contributed by atoms with van der Waals surface area (Å²) in [5.41, 5.74) is 2.14. The van der Waals surface area contributed by atoms with E-state index in [0.29, 0.717) is 13.2 Å². The van der Waals surface area contributed by atoms with Gasteiger partial charge in [-0.15, -0.1) is 0 Å². The zero-order chi connectivity index (χ0) is 16.1. The summed E-state index contributed by atoms with van der Waals surface area (Å²) in [7, 11) is 1.63. The second-order valence-electron chi connectivity index (χ2n) is 5.49. The van der Waals surface area contributed by atoms with E-state index in [2.05, 4.69) is 10.6 Å². The largest absolute Gasteiger partial charge is 0.497 e. The van der Waals surface area contributed by atoms with Crippen molar-refractivity contribution < 1.29 is 14.3 Å². The number of carbonyl (C=O) groups is 1. The maximum atomic E-state index is 12.0. The van der Waals surface area contributed by atoms with Crippen LogP contribution in [0.2, 0.25) is 0 Å². The zero-order valence-electron chi connectivity index (χ0n) is 13.0. The van der Waals surface area contributed by atoms with E-state index in [9.17, 15) is 4.79 Å². The standard InChI is InChI=1S/C18H20N2O3/c1-22-16-8-6-13(7-9-16)11-19-18(21)20-15-10-14-4-2-3-5-17(14)23-12-15/h2-9,15H,10-12H2,1H3,(H2,19,20,21). The molecule has 1 aliphatic heterocycles. The molecule has 0 saturated heterocycles. The van der Waals surface area contributed by atoms with Crippen molar-refractivity contribution in [3.8, 4) is 11.5 Å². The third kappa shape index (κ3) is 3.94. The molecule has 1 unspecified atom stereocenters. The Labute approximate surface area is 135 Å². The summed E-state index contributed by atoms with van der Waals surface area (Å²) in [6.45, 7) is 0.965. The summed E-state index contributed by atoms with van der Waals surface area (Å²) < 4.78 is 10.8. The minimum Gasteiger partial charge on any atom is -0.497 e. The van der Waals surface area contributed by atoms with Crippen LogP contribution in [0, 0.1) is 0 Å². The molecule has 3 rings (SSSR count). The van der Waals surface area contributed by atoms with Crippen molar-refractivity contribution in [1.82, 2.24) is 10.6 Å². The minimum atomic E-state index is -0.186. The highest BCUT2D eigenvalue weighted by Crippen LogP contribution is 2.23. The van der Waals surface area contributed by atoms with Gasteiger partial charge in [0.15, 0.2) is 0 Å². The van der Waals surface area contributed by atoms with Crippen LogP contribution in [0.15, 0.2) is 48.5 Å². The van der Waals surface area contributed by atoms with Crippen molar-refractivity contribution in [2.24, 2.45) is 0 Å². The molecule has 1 aliphatic rings. The van der Waals surface area contributed by atoms with Crippen LogP contribution in [0.1, 0.15) is 11.1 Å². The molecule has 120 valence electrons. The maximum Gasteiger partial charge on any atom is 0.315 e. The van der Waals surface area contributed by atoms with E-state index in [-0.39, 0.29) is 12.1 Å². The van der Waals surface area contributed by atoms with Crippen LogP contribution in [0.3, 0.4) is 0 Å². The van der Waals surface area contributed by atoms with E-state index in [0.717, 1.165) is 29.0 Å². The fourth-order valence-corrected chi connectivity index (χ4v) is 2.58. The van der Waals surface area contributed by atoms with Crippen molar-refractivity contribution >= 4 is 6.03 Å². The number of nitrogens with one attached hydrogen (secondary N) is 2. The van der Waals surface area contributed by atoms with E-state index in [4.69, 9.17) is 9.47 Å². The number of hydrogen-bond acceptors (Lipinski definition) is 3. The van der Waals surface area contributed by atoms with Gasteiger partial charge in [0.2, 0.25) is 0 Å². The second kappa shape index (κ2) is 7.05. The Hall–Kier alpha value is -2.69. The van der Waals surface area contributed by atoms with Crippen LogP contribution < -0.4 is 20.1 Å². The quantitative estimate of drug-likeness (QED) is 0.912. The summed E-state index contributed by atoms with van der Waals surface area (Å²) in [5, 5.41) is 5.81. The van der Waals surface area contributed by atoms with Gasteiger partial charge in [-0.2, -0.15) is 0 Å². The molecule has 2 aromatic carbocycles. The Morgan fingerprint density at radius 2 is 2.00 bits per heavy atom. The van der Waals surface area contributed by atoms with Crippen LogP contribution in [0.5, 0.6) is 11.5 Å². The summed E-state index contributed by atoms with van der Waals surface area (Å²) in [4.78, 5) is 12.0. The van der Waals surface area contributed by atoms with Gasteiger partial charge in [0.1, 0.15) is 18.1 Å². The Bertz CT molecular complexity index is 670. The average Bonchev–Trinajstić information content (AvgIpc) is 2.60. The Morgan fingerprint density at radius 3 is 2.78 bits per heavy atom. The molecule has 0 bridgehead atoms. The van der Waals surface area contributed by atoms with Crippen LogP contribution in [-0.2, 0) is 13.0 Å². The first-order valence-corrected chi connectivity index (χ1v) is 7.62. The molecule has 0 radical (unpaired) electrons. The zero-order valence-corrected chi connectivity index (χ0v) is 13.0. The fraction of sp³-hybridized carbons (Fsp3) is 0.278. The molecule has 0 fully saturated rings. The molecule has 0 spiro atoms. The van der Waals surface area contributed by atoms with E-state index in [1.165, 1.54) is 0 Å². The van der Waals surface area contributed by atoms with Gasteiger partial charge in [-0.25, -0.2) is 4.79 Å². The Morgan fingerprint density at radius 1 is 1.22 bits per heavy atom. The molecule has 2 amide bonds. The van der Waals surface area contributed by atoms with Crippen molar-refractivity contribution in [3.05, 3.63) is 59.7 Å². The van der Waals surface area contributed by atoms with E-state index < -0.39 is 0 Å².